The van der Waals surface area contributed by atoms with Crippen LogP contribution >= 0.6 is 15.6 Å². The van der Waals surface area contributed by atoms with E-state index < -0.39 is 89.6 Å². The number of esters is 2. The lowest BCUT2D eigenvalue weighted by molar-refractivity contribution is -0.216. The van der Waals surface area contributed by atoms with Crippen molar-refractivity contribution in [3.05, 3.63) is 109 Å². The Morgan fingerprint density at radius 1 is 0.543 bits per heavy atom. The first-order valence-electron chi connectivity index (χ1n) is 24.5. The molecule has 0 spiro atoms. The molecule has 0 aromatic carbocycles. The molecule has 0 saturated heterocycles. The maximum absolute atomic E-state index is 13.0. The van der Waals surface area contributed by atoms with Crippen molar-refractivity contribution in [2.24, 2.45) is 0 Å². The van der Waals surface area contributed by atoms with Crippen molar-refractivity contribution in [1.82, 2.24) is 0 Å². The third-order valence-corrected chi connectivity index (χ3v) is 11.9. The number of aliphatic hydroxyl groups is 5. The van der Waals surface area contributed by atoms with E-state index in [9.17, 15) is 58.9 Å². The normalized spacial score (nSPS) is 22.4. The second kappa shape index (κ2) is 40.1. The van der Waals surface area contributed by atoms with E-state index in [1.54, 1.807) is 6.08 Å². The minimum absolute atomic E-state index is 0.0556. The summed E-state index contributed by atoms with van der Waals surface area (Å²) in [5.74, 6) is -1.35. The molecule has 1 rings (SSSR count). The van der Waals surface area contributed by atoms with E-state index in [2.05, 4.69) is 60.1 Å². The fraction of sp³-hybridized carbons (Fsp3) is 0.608. The minimum atomic E-state index is -5.39. The molecule has 0 aliphatic heterocycles. The van der Waals surface area contributed by atoms with Crippen LogP contribution in [0.3, 0.4) is 0 Å². The van der Waals surface area contributed by atoms with Crippen LogP contribution in [0.25, 0.3) is 0 Å². The van der Waals surface area contributed by atoms with Crippen molar-refractivity contribution in [2.45, 2.75) is 185 Å². The van der Waals surface area contributed by atoms with Gasteiger partial charge in [-0.3, -0.25) is 23.2 Å². The summed E-state index contributed by atoms with van der Waals surface area (Å²) in [4.78, 5) is 54.3. The molecular formula is C51H82O17P2. The standard InChI is InChI=1S/C51H82O17P2/c1-3-5-7-8-9-10-11-12-13-14-15-16-17-18-22-25-28-31-34-38-44(53)64-40-43(41-65-70(62,63)68-51-48(57)46(55)47(56)50(49(51)58)67-69(59,60)61)66-45(54)39-35-32-29-26-23-20-19-21-24-27-30-33-37-42(52)36-6-4-2/h6,9-10,12-13,15-16,18-20,22,24,26-27,29-30,33,36,42-43,46-52,55-58H,3-5,7-8,11,14,17,21,23,25,28,31-32,34-35,37-41H2,1-2H3,(H,62,63)(H2,59,60,61)/b10-9-,13-12-,16-15-,20-19-,22-18-,27-24-,29-26-,33-30+,36-6-/t42?,43-,46?,47?,48?,49?,50-,51+/m1/s1. The van der Waals surface area contributed by atoms with Gasteiger partial charge in [-0.1, -0.05) is 142 Å². The molecule has 398 valence electrons. The average molecular weight is 1030 g/mol. The van der Waals surface area contributed by atoms with Crippen LogP contribution in [-0.4, -0.2) is 114 Å². The summed E-state index contributed by atoms with van der Waals surface area (Å²) in [7, 11) is -10.7. The average Bonchev–Trinajstić information content (AvgIpc) is 3.31. The molecule has 6 unspecified atom stereocenters. The van der Waals surface area contributed by atoms with E-state index in [4.69, 9.17) is 18.5 Å². The van der Waals surface area contributed by atoms with Gasteiger partial charge in [-0.25, -0.2) is 9.13 Å². The summed E-state index contributed by atoms with van der Waals surface area (Å²) in [6, 6.07) is 0. The largest absolute Gasteiger partial charge is 0.472 e. The predicted molar refractivity (Wildman–Crippen MR) is 270 cm³/mol. The van der Waals surface area contributed by atoms with Crippen molar-refractivity contribution in [3.8, 4) is 0 Å². The van der Waals surface area contributed by atoms with E-state index >= 15 is 0 Å². The van der Waals surface area contributed by atoms with Gasteiger partial charge in [0.05, 0.1) is 12.7 Å². The monoisotopic (exact) mass is 1030 g/mol. The Labute approximate surface area is 415 Å². The van der Waals surface area contributed by atoms with Crippen molar-refractivity contribution < 1.29 is 82.0 Å². The third kappa shape index (κ3) is 34.1. The molecule has 1 aliphatic rings. The van der Waals surface area contributed by atoms with Crippen LogP contribution in [0.5, 0.6) is 0 Å². The molecular weight excluding hydrogens is 946 g/mol. The van der Waals surface area contributed by atoms with Gasteiger partial charge in [-0.2, -0.15) is 0 Å². The van der Waals surface area contributed by atoms with Gasteiger partial charge in [0.1, 0.15) is 43.2 Å². The Morgan fingerprint density at radius 2 is 1.04 bits per heavy atom. The number of hydrogen-bond acceptors (Lipinski definition) is 14. The number of carbonyl (C=O) groups excluding carboxylic acids is 2. The molecule has 1 saturated carbocycles. The van der Waals surface area contributed by atoms with E-state index in [0.29, 0.717) is 32.1 Å². The minimum Gasteiger partial charge on any atom is -0.462 e. The molecule has 0 heterocycles. The second-order valence-corrected chi connectivity index (χ2v) is 19.2. The summed E-state index contributed by atoms with van der Waals surface area (Å²) in [5, 5.41) is 51.1. The molecule has 0 bridgehead atoms. The van der Waals surface area contributed by atoms with Crippen LogP contribution < -0.4 is 0 Å². The maximum Gasteiger partial charge on any atom is 0.472 e. The Bertz CT molecular complexity index is 1780. The molecule has 9 atom stereocenters. The highest BCUT2D eigenvalue weighted by molar-refractivity contribution is 7.47. The van der Waals surface area contributed by atoms with Crippen molar-refractivity contribution in [3.63, 3.8) is 0 Å². The van der Waals surface area contributed by atoms with Crippen molar-refractivity contribution >= 4 is 27.6 Å². The van der Waals surface area contributed by atoms with Crippen LogP contribution in [-0.2, 0) is 41.8 Å². The van der Waals surface area contributed by atoms with Crippen molar-refractivity contribution in [1.29, 1.82) is 0 Å². The fourth-order valence-electron chi connectivity index (χ4n) is 6.59. The summed E-state index contributed by atoms with van der Waals surface area (Å²) in [5.41, 5.74) is 0. The maximum atomic E-state index is 13.0. The summed E-state index contributed by atoms with van der Waals surface area (Å²) in [6.45, 7) is 2.76. The van der Waals surface area contributed by atoms with Crippen LogP contribution in [0, 0.1) is 0 Å². The Hall–Kier alpha value is -3.38. The van der Waals surface area contributed by atoms with E-state index in [1.165, 1.54) is 19.3 Å². The smallest absolute Gasteiger partial charge is 0.462 e. The van der Waals surface area contributed by atoms with Gasteiger partial charge in [0.2, 0.25) is 0 Å². The van der Waals surface area contributed by atoms with Crippen LogP contribution in [0.1, 0.15) is 136 Å². The molecule has 17 nitrogen and oxygen atoms in total. The van der Waals surface area contributed by atoms with Crippen LogP contribution in [0.4, 0.5) is 0 Å². The van der Waals surface area contributed by atoms with Gasteiger partial charge in [0.25, 0.3) is 0 Å². The number of phosphoric acid groups is 2. The SMILES string of the molecule is CC/C=C\C(O)C/C=C/C=C\C/C=C\C/C=C\CCCC(=O)O[C@H](COC(=O)CCCCC/C=C\C/C=C\C/C=C\C/C=C\CCCCC)COP(=O)(O)O[C@H]1C(O)C(O)C(O)[C@@H](OP(=O)(O)O)C1O. The lowest BCUT2D eigenvalue weighted by atomic mass is 9.85. The second-order valence-electron chi connectivity index (χ2n) is 16.6. The van der Waals surface area contributed by atoms with E-state index in [0.717, 1.165) is 57.8 Å². The predicted octanol–water partition coefficient (Wildman–Crippen LogP) is 8.70. The van der Waals surface area contributed by atoms with Crippen molar-refractivity contribution in [2.75, 3.05) is 13.2 Å². The molecule has 19 heteroatoms. The van der Waals surface area contributed by atoms with E-state index in [-0.39, 0.29) is 12.8 Å². The zero-order chi connectivity index (χ0) is 51.9. The first-order chi connectivity index (χ1) is 33.5. The lowest BCUT2D eigenvalue weighted by Gasteiger charge is -2.43. The number of rotatable bonds is 39. The lowest BCUT2D eigenvalue weighted by Crippen LogP contribution is -2.64. The molecule has 1 fully saturated rings. The van der Waals surface area contributed by atoms with Gasteiger partial charge in [0.15, 0.2) is 6.10 Å². The zero-order valence-electron chi connectivity index (χ0n) is 41.0. The molecule has 8 N–H and O–H groups in total. The molecule has 0 radical (unpaired) electrons. The van der Waals surface area contributed by atoms with Gasteiger partial charge < -0.3 is 49.7 Å². The molecule has 0 aromatic rings. The highest BCUT2D eigenvalue weighted by atomic mass is 31.2. The quantitative estimate of drug-likeness (QED) is 0.00940. The van der Waals surface area contributed by atoms with E-state index in [1.807, 2.05) is 61.6 Å². The number of hydrogen-bond donors (Lipinski definition) is 8. The van der Waals surface area contributed by atoms with Crippen LogP contribution in [0.15, 0.2) is 109 Å². The third-order valence-electron chi connectivity index (χ3n) is 10.4. The molecule has 70 heavy (non-hydrogen) atoms. The Balaban J connectivity index is 2.66. The Morgan fingerprint density at radius 3 is 1.60 bits per heavy atom. The van der Waals surface area contributed by atoms with Gasteiger partial charge in [-0.05, 0) is 89.9 Å². The summed E-state index contributed by atoms with van der Waals surface area (Å²) >= 11 is 0. The van der Waals surface area contributed by atoms with Crippen LogP contribution in [0.2, 0.25) is 0 Å². The first kappa shape index (κ1) is 64.6. The first-order valence-corrected chi connectivity index (χ1v) is 27.6. The molecule has 1 aliphatic carbocycles. The number of allylic oxidation sites excluding steroid dienone is 16. The molecule has 0 amide bonds. The van der Waals surface area contributed by atoms with Gasteiger partial charge in [0, 0.05) is 12.8 Å². The topological polar surface area (TPSA) is 276 Å². The number of unbranched alkanes of at least 4 members (excludes halogenated alkanes) is 7. The summed E-state index contributed by atoms with van der Waals surface area (Å²) < 4.78 is 49.3. The number of aliphatic hydroxyl groups excluding tert-OH is 5. The Kier molecular flexibility index (Phi) is 37.1. The molecule has 0 aromatic heterocycles. The number of phosphoric ester groups is 2. The summed E-state index contributed by atoms with van der Waals surface area (Å²) in [6.07, 6.45) is 35.2. The van der Waals surface area contributed by atoms with Gasteiger partial charge >= 0.3 is 27.6 Å². The zero-order valence-corrected chi connectivity index (χ0v) is 42.8. The highest BCUT2D eigenvalue weighted by Gasteiger charge is 2.54. The number of ether oxygens (including phenoxy) is 2. The number of carbonyl (C=O) groups is 2. The fourth-order valence-corrected chi connectivity index (χ4v) is 8.13. The highest BCUT2D eigenvalue weighted by Crippen LogP contribution is 2.49. The van der Waals surface area contributed by atoms with Gasteiger partial charge in [-0.15, -0.1) is 0 Å².